The molecule has 5 rings (SSSR count). The van der Waals surface area contributed by atoms with Crippen molar-refractivity contribution in [1.82, 2.24) is 19.2 Å². The van der Waals surface area contributed by atoms with E-state index in [1.165, 1.54) is 4.31 Å². The maximum Gasteiger partial charge on any atom is 0.230 e. The van der Waals surface area contributed by atoms with E-state index in [-0.39, 0.29) is 29.9 Å². The first-order valence-corrected chi connectivity index (χ1v) is 14.6. The molecule has 8 nitrogen and oxygen atoms in total. The fourth-order valence-electron chi connectivity index (χ4n) is 5.66. The lowest BCUT2D eigenvalue weighted by Crippen LogP contribution is -2.45. The molecule has 9 heteroatoms. The van der Waals surface area contributed by atoms with Gasteiger partial charge in [0.15, 0.2) is 5.78 Å². The van der Waals surface area contributed by atoms with Gasteiger partial charge in [-0.15, -0.1) is 0 Å². The number of aromatic nitrogens is 2. The zero-order valence-corrected chi connectivity index (χ0v) is 22.4. The van der Waals surface area contributed by atoms with Crippen molar-refractivity contribution in [2.75, 3.05) is 13.1 Å². The summed E-state index contributed by atoms with van der Waals surface area (Å²) >= 11 is 0. The van der Waals surface area contributed by atoms with Gasteiger partial charge in [-0.25, -0.2) is 8.42 Å². The highest BCUT2D eigenvalue weighted by Gasteiger charge is 2.54. The topological polar surface area (TPSA) is 101 Å². The van der Waals surface area contributed by atoms with Crippen LogP contribution < -0.4 is 0 Å². The second kappa shape index (κ2) is 10.7. The normalized spacial score (nSPS) is 20.6. The Morgan fingerprint density at radius 2 is 1.87 bits per heavy atom. The van der Waals surface area contributed by atoms with Gasteiger partial charge in [0.25, 0.3) is 0 Å². The summed E-state index contributed by atoms with van der Waals surface area (Å²) in [6.07, 6.45) is 6.13. The van der Waals surface area contributed by atoms with E-state index in [1.807, 2.05) is 36.4 Å². The van der Waals surface area contributed by atoms with E-state index in [4.69, 9.17) is 0 Å². The van der Waals surface area contributed by atoms with Crippen LogP contribution in [-0.2, 0) is 25.4 Å². The monoisotopic (exact) mass is 532 g/mol. The van der Waals surface area contributed by atoms with Crippen LogP contribution in [-0.4, -0.2) is 64.5 Å². The standard InChI is InChI=1S/C29H32N4O4S/c1-20(2)15-25(22-8-5-7-21(16-22)23-9-6-12-30-17-23)29(35)32-14-11-26-28(32)27(34)18-33(26)38(36,37)19-24-10-3-4-13-31-24/h3-10,12-13,16-17,20,25-26,28H,11,14-15,18-19H2,1-2H3. The van der Waals surface area contributed by atoms with Gasteiger partial charge in [0.05, 0.1) is 24.2 Å². The Kier molecular flexibility index (Phi) is 7.40. The number of rotatable bonds is 8. The summed E-state index contributed by atoms with van der Waals surface area (Å²) in [4.78, 5) is 37.2. The van der Waals surface area contributed by atoms with Crippen LogP contribution in [0.3, 0.4) is 0 Å². The number of Topliss-reactive ketones (excluding diaryl/α,β-unsaturated/α-hetero) is 1. The molecule has 1 amide bonds. The molecule has 2 saturated heterocycles. The second-order valence-corrected chi connectivity index (χ2v) is 12.4. The van der Waals surface area contributed by atoms with Gasteiger partial charge in [-0.2, -0.15) is 4.31 Å². The van der Waals surface area contributed by atoms with E-state index in [9.17, 15) is 18.0 Å². The van der Waals surface area contributed by atoms with Crippen LogP contribution in [0, 0.1) is 5.92 Å². The first kappa shape index (κ1) is 26.2. The van der Waals surface area contributed by atoms with Crippen molar-refractivity contribution in [1.29, 1.82) is 0 Å². The number of likely N-dealkylation sites (tertiary alicyclic amines) is 1. The second-order valence-electron chi connectivity index (χ2n) is 10.5. The minimum Gasteiger partial charge on any atom is -0.330 e. The van der Waals surface area contributed by atoms with Crippen molar-refractivity contribution in [2.45, 2.75) is 50.4 Å². The lowest BCUT2D eigenvalue weighted by atomic mass is 9.87. The van der Waals surface area contributed by atoms with Gasteiger partial charge in [0, 0.05) is 25.1 Å². The quantitative estimate of drug-likeness (QED) is 0.439. The van der Waals surface area contributed by atoms with Crippen LogP contribution in [0.2, 0.25) is 0 Å². The summed E-state index contributed by atoms with van der Waals surface area (Å²) in [5.74, 6) is -0.795. The Bertz CT molecular complexity index is 1410. The molecule has 3 unspecified atom stereocenters. The van der Waals surface area contributed by atoms with E-state index >= 15 is 0 Å². The number of carbonyl (C=O) groups is 2. The molecular formula is C29H32N4O4S. The molecular weight excluding hydrogens is 500 g/mol. The lowest BCUT2D eigenvalue weighted by Gasteiger charge is -2.29. The first-order chi connectivity index (χ1) is 18.2. The average molecular weight is 533 g/mol. The van der Waals surface area contributed by atoms with E-state index in [0.29, 0.717) is 25.1 Å². The van der Waals surface area contributed by atoms with Crippen molar-refractivity contribution < 1.29 is 18.0 Å². The Hall–Kier alpha value is -3.43. The fourth-order valence-corrected chi connectivity index (χ4v) is 7.32. The van der Waals surface area contributed by atoms with Crippen molar-refractivity contribution in [3.8, 4) is 11.1 Å². The van der Waals surface area contributed by atoms with Gasteiger partial charge >= 0.3 is 0 Å². The highest BCUT2D eigenvalue weighted by atomic mass is 32.2. The molecule has 198 valence electrons. The number of fused-ring (bicyclic) bond motifs is 1. The van der Waals surface area contributed by atoms with Crippen LogP contribution in [0.25, 0.3) is 11.1 Å². The first-order valence-electron chi connectivity index (χ1n) is 13.0. The molecule has 0 saturated carbocycles. The lowest BCUT2D eigenvalue weighted by molar-refractivity contribution is -0.138. The summed E-state index contributed by atoms with van der Waals surface area (Å²) in [5.41, 5.74) is 3.25. The van der Waals surface area contributed by atoms with Gasteiger partial charge in [-0.05, 0) is 53.6 Å². The third-order valence-electron chi connectivity index (χ3n) is 7.36. The minimum absolute atomic E-state index is 0.119. The van der Waals surface area contributed by atoms with Gasteiger partial charge < -0.3 is 4.90 Å². The van der Waals surface area contributed by atoms with Crippen LogP contribution in [0.5, 0.6) is 0 Å². The van der Waals surface area contributed by atoms with E-state index < -0.39 is 28.0 Å². The number of carbonyl (C=O) groups excluding carboxylic acids is 2. The molecule has 0 spiro atoms. The van der Waals surface area contributed by atoms with Crippen LogP contribution in [0.4, 0.5) is 0 Å². The third-order valence-corrected chi connectivity index (χ3v) is 9.14. The molecule has 2 aliphatic rings. The fraction of sp³-hybridized carbons (Fsp3) is 0.379. The number of amides is 1. The van der Waals surface area contributed by atoms with Crippen LogP contribution >= 0.6 is 0 Å². The molecule has 1 aromatic carbocycles. The molecule has 2 aliphatic heterocycles. The molecule has 38 heavy (non-hydrogen) atoms. The van der Waals surface area contributed by atoms with Crippen molar-refractivity contribution in [3.63, 3.8) is 0 Å². The Labute approximate surface area is 223 Å². The van der Waals surface area contributed by atoms with E-state index in [2.05, 4.69) is 23.8 Å². The molecule has 4 heterocycles. The summed E-state index contributed by atoms with van der Waals surface area (Å²) in [6, 6.07) is 15.6. The molecule has 2 aromatic heterocycles. The number of hydrogen-bond acceptors (Lipinski definition) is 6. The predicted octanol–water partition coefficient (Wildman–Crippen LogP) is 3.66. The minimum atomic E-state index is -3.77. The maximum absolute atomic E-state index is 14.0. The third kappa shape index (κ3) is 5.26. The number of nitrogens with zero attached hydrogens (tertiary/aromatic N) is 4. The summed E-state index contributed by atoms with van der Waals surface area (Å²) in [5, 5.41) is 0. The number of hydrogen-bond donors (Lipinski definition) is 0. The van der Waals surface area contributed by atoms with Crippen molar-refractivity contribution >= 4 is 21.7 Å². The van der Waals surface area contributed by atoms with Crippen molar-refractivity contribution in [3.05, 3.63) is 84.4 Å². The van der Waals surface area contributed by atoms with Gasteiger partial charge in [-0.1, -0.05) is 50.2 Å². The zero-order valence-electron chi connectivity index (χ0n) is 21.6. The Morgan fingerprint density at radius 3 is 2.58 bits per heavy atom. The van der Waals surface area contributed by atoms with Gasteiger partial charge in [-0.3, -0.25) is 19.6 Å². The Balaban J connectivity index is 1.40. The number of benzene rings is 1. The molecule has 3 aromatic rings. The van der Waals surface area contributed by atoms with Crippen molar-refractivity contribution in [2.24, 2.45) is 5.92 Å². The highest BCUT2D eigenvalue weighted by Crippen LogP contribution is 2.37. The largest absolute Gasteiger partial charge is 0.330 e. The molecule has 0 N–H and O–H groups in total. The maximum atomic E-state index is 14.0. The number of pyridine rings is 2. The smallest absolute Gasteiger partial charge is 0.230 e. The number of ketones is 1. The van der Waals surface area contributed by atoms with Crippen LogP contribution in [0.15, 0.2) is 73.2 Å². The average Bonchev–Trinajstić information content (AvgIpc) is 3.49. The molecule has 2 fully saturated rings. The molecule has 0 radical (unpaired) electrons. The molecule has 0 bridgehead atoms. The summed E-state index contributed by atoms with van der Waals surface area (Å²) in [7, 11) is -3.77. The van der Waals surface area contributed by atoms with E-state index in [0.717, 1.165) is 16.7 Å². The summed E-state index contributed by atoms with van der Waals surface area (Å²) < 4.78 is 27.8. The van der Waals surface area contributed by atoms with E-state index in [1.54, 1.807) is 41.7 Å². The predicted molar refractivity (Wildman–Crippen MR) is 144 cm³/mol. The van der Waals surface area contributed by atoms with Crippen LogP contribution in [0.1, 0.15) is 43.9 Å². The SMILES string of the molecule is CC(C)CC(C(=O)N1CCC2C1C(=O)CN2S(=O)(=O)Cc1ccccn1)c1cccc(-c2cccnc2)c1. The zero-order chi connectivity index (χ0) is 26.9. The summed E-state index contributed by atoms with van der Waals surface area (Å²) in [6.45, 7) is 4.29. The molecule has 3 atom stereocenters. The van der Waals surface area contributed by atoms with Gasteiger partial charge in [0.1, 0.15) is 11.8 Å². The number of sulfonamides is 1. The molecule has 0 aliphatic carbocycles. The highest BCUT2D eigenvalue weighted by molar-refractivity contribution is 7.88. The Morgan fingerprint density at radius 1 is 1.05 bits per heavy atom. The van der Waals surface area contributed by atoms with Gasteiger partial charge in [0.2, 0.25) is 15.9 Å².